The molecule has 1 atom stereocenters. The minimum atomic E-state index is -0.185. The molecule has 3 rings (SSSR count). The van der Waals surface area contributed by atoms with Gasteiger partial charge in [0.25, 0.3) is 0 Å². The second kappa shape index (κ2) is 10.2. The van der Waals surface area contributed by atoms with Crippen molar-refractivity contribution < 1.29 is 9.59 Å². The van der Waals surface area contributed by atoms with Gasteiger partial charge in [-0.1, -0.05) is 32.0 Å². The molecule has 6 nitrogen and oxygen atoms in total. The summed E-state index contributed by atoms with van der Waals surface area (Å²) >= 11 is 0. The number of carbonyl (C=O) groups is 2. The van der Waals surface area contributed by atoms with Crippen LogP contribution in [0.5, 0.6) is 0 Å². The Bertz CT molecular complexity index is 692. The van der Waals surface area contributed by atoms with E-state index in [1.54, 1.807) is 0 Å². The summed E-state index contributed by atoms with van der Waals surface area (Å²) in [5.41, 5.74) is 2.07. The predicted octanol–water partition coefficient (Wildman–Crippen LogP) is 2.77. The molecule has 0 spiro atoms. The molecule has 1 aromatic rings. The average molecular weight is 401 g/mol. The molecule has 2 amide bonds. The number of benzene rings is 1. The molecule has 6 heteroatoms. The van der Waals surface area contributed by atoms with Gasteiger partial charge in [-0.3, -0.25) is 19.4 Å². The zero-order valence-corrected chi connectivity index (χ0v) is 18.2. The Kier molecular flexibility index (Phi) is 7.67. The van der Waals surface area contributed by atoms with Crippen molar-refractivity contribution in [2.45, 2.75) is 52.0 Å². The summed E-state index contributed by atoms with van der Waals surface area (Å²) in [4.78, 5) is 31.8. The fourth-order valence-corrected chi connectivity index (χ4v) is 4.26. The van der Waals surface area contributed by atoms with Gasteiger partial charge < -0.3 is 10.2 Å². The lowest BCUT2D eigenvalue weighted by Crippen LogP contribution is -2.54. The predicted molar refractivity (Wildman–Crippen MR) is 117 cm³/mol. The molecule has 0 radical (unpaired) electrons. The minimum absolute atomic E-state index is 0.0379. The Morgan fingerprint density at radius 2 is 1.59 bits per heavy atom. The maximum absolute atomic E-state index is 12.8. The first kappa shape index (κ1) is 21.8. The van der Waals surface area contributed by atoms with E-state index in [1.165, 1.54) is 6.42 Å². The monoisotopic (exact) mass is 400 g/mol. The largest absolute Gasteiger partial charge is 0.342 e. The van der Waals surface area contributed by atoms with Crippen LogP contribution in [0, 0.1) is 0 Å². The molecule has 29 heavy (non-hydrogen) atoms. The SMILES string of the molecule is CC(C)c1ccccc1NC(=O)[C@H](C)N1CCN(CC(=O)N2CCCCC2)CC1. The molecular formula is C23H36N4O2. The topological polar surface area (TPSA) is 55.9 Å². The lowest BCUT2D eigenvalue weighted by Gasteiger charge is -2.38. The number of piperidine rings is 1. The number of hydrogen-bond acceptors (Lipinski definition) is 4. The standard InChI is InChI=1S/C23H36N4O2/c1-18(2)20-9-5-6-10-21(20)24-23(29)19(3)26-15-13-25(14-16-26)17-22(28)27-11-7-4-8-12-27/h5-6,9-10,18-19H,4,7-8,11-17H2,1-3H3,(H,24,29)/t19-/m0/s1. The van der Waals surface area contributed by atoms with Crippen molar-refractivity contribution in [2.24, 2.45) is 0 Å². The molecule has 0 unspecified atom stereocenters. The number of rotatable bonds is 6. The van der Waals surface area contributed by atoms with Gasteiger partial charge in [-0.15, -0.1) is 0 Å². The second-order valence-corrected chi connectivity index (χ2v) is 8.66. The lowest BCUT2D eigenvalue weighted by atomic mass is 10.0. The molecule has 2 aliphatic heterocycles. The van der Waals surface area contributed by atoms with Gasteiger partial charge in [-0.25, -0.2) is 0 Å². The van der Waals surface area contributed by atoms with E-state index < -0.39 is 0 Å². The third kappa shape index (κ3) is 5.80. The summed E-state index contributed by atoms with van der Waals surface area (Å²) in [5, 5.41) is 3.12. The average Bonchev–Trinajstić information content (AvgIpc) is 2.74. The first-order valence-electron chi connectivity index (χ1n) is 11.1. The Balaban J connectivity index is 1.47. The fraction of sp³-hybridized carbons (Fsp3) is 0.652. The molecule has 1 N–H and O–H groups in total. The van der Waals surface area contributed by atoms with Gasteiger partial charge in [0.1, 0.15) is 0 Å². The Hall–Kier alpha value is -1.92. The number of amides is 2. The lowest BCUT2D eigenvalue weighted by molar-refractivity contribution is -0.134. The van der Waals surface area contributed by atoms with E-state index in [0.717, 1.165) is 63.4 Å². The third-order valence-corrected chi connectivity index (χ3v) is 6.24. The van der Waals surface area contributed by atoms with Gasteiger partial charge >= 0.3 is 0 Å². The fourth-order valence-electron chi connectivity index (χ4n) is 4.26. The molecule has 0 aromatic heterocycles. The van der Waals surface area contributed by atoms with E-state index in [2.05, 4.69) is 35.0 Å². The van der Waals surface area contributed by atoms with Crippen molar-refractivity contribution in [1.82, 2.24) is 14.7 Å². The number of anilines is 1. The molecule has 2 aliphatic rings. The van der Waals surface area contributed by atoms with Crippen molar-refractivity contribution in [2.75, 3.05) is 51.1 Å². The Morgan fingerprint density at radius 1 is 0.931 bits per heavy atom. The van der Waals surface area contributed by atoms with E-state index in [4.69, 9.17) is 0 Å². The van der Waals surface area contributed by atoms with Crippen LogP contribution in [-0.4, -0.2) is 78.4 Å². The highest BCUT2D eigenvalue weighted by molar-refractivity contribution is 5.95. The second-order valence-electron chi connectivity index (χ2n) is 8.66. The summed E-state index contributed by atoms with van der Waals surface area (Å²) < 4.78 is 0. The Morgan fingerprint density at radius 3 is 2.24 bits per heavy atom. The van der Waals surface area contributed by atoms with Crippen molar-refractivity contribution in [3.63, 3.8) is 0 Å². The van der Waals surface area contributed by atoms with Crippen LogP contribution in [0.4, 0.5) is 5.69 Å². The smallest absolute Gasteiger partial charge is 0.241 e. The molecule has 1 aromatic carbocycles. The number of likely N-dealkylation sites (tertiary alicyclic amines) is 1. The van der Waals surface area contributed by atoms with E-state index in [1.807, 2.05) is 30.0 Å². The van der Waals surface area contributed by atoms with Crippen LogP contribution in [-0.2, 0) is 9.59 Å². The van der Waals surface area contributed by atoms with Crippen LogP contribution in [0.25, 0.3) is 0 Å². The van der Waals surface area contributed by atoms with Crippen LogP contribution in [0.3, 0.4) is 0 Å². The first-order chi connectivity index (χ1) is 14.0. The Labute approximate surface area is 175 Å². The van der Waals surface area contributed by atoms with E-state index >= 15 is 0 Å². The minimum Gasteiger partial charge on any atom is -0.342 e. The summed E-state index contributed by atoms with van der Waals surface area (Å²) in [7, 11) is 0. The number of carbonyl (C=O) groups excluding carboxylic acids is 2. The van der Waals surface area contributed by atoms with Gasteiger partial charge in [0.2, 0.25) is 11.8 Å². The van der Waals surface area contributed by atoms with Crippen molar-refractivity contribution in [1.29, 1.82) is 0 Å². The summed E-state index contributed by atoms with van der Waals surface area (Å²) in [5.74, 6) is 0.660. The van der Waals surface area contributed by atoms with E-state index in [-0.39, 0.29) is 17.9 Å². The highest BCUT2D eigenvalue weighted by Gasteiger charge is 2.28. The number of nitrogens with one attached hydrogen (secondary N) is 1. The van der Waals surface area contributed by atoms with Crippen LogP contribution < -0.4 is 5.32 Å². The van der Waals surface area contributed by atoms with Gasteiger partial charge in [-0.2, -0.15) is 0 Å². The van der Waals surface area contributed by atoms with Crippen LogP contribution in [0.1, 0.15) is 51.5 Å². The summed E-state index contributed by atoms with van der Waals surface area (Å²) in [6.45, 7) is 11.9. The number of nitrogens with zero attached hydrogens (tertiary/aromatic N) is 3. The van der Waals surface area contributed by atoms with Gasteiger partial charge in [0.15, 0.2) is 0 Å². The van der Waals surface area contributed by atoms with E-state index in [0.29, 0.717) is 12.5 Å². The highest BCUT2D eigenvalue weighted by atomic mass is 16.2. The zero-order valence-electron chi connectivity index (χ0n) is 18.2. The van der Waals surface area contributed by atoms with Crippen LogP contribution in [0.15, 0.2) is 24.3 Å². The van der Waals surface area contributed by atoms with Crippen molar-refractivity contribution in [3.05, 3.63) is 29.8 Å². The normalized spacial score (nSPS) is 19.9. The molecule has 0 bridgehead atoms. The molecule has 0 saturated carbocycles. The molecule has 0 aliphatic carbocycles. The highest BCUT2D eigenvalue weighted by Crippen LogP contribution is 2.24. The van der Waals surface area contributed by atoms with Crippen molar-refractivity contribution >= 4 is 17.5 Å². The summed E-state index contributed by atoms with van der Waals surface area (Å²) in [6, 6.07) is 7.84. The molecule has 2 saturated heterocycles. The molecule has 2 heterocycles. The maximum Gasteiger partial charge on any atom is 0.241 e. The number of hydrogen-bond donors (Lipinski definition) is 1. The molecule has 160 valence electrons. The van der Waals surface area contributed by atoms with E-state index in [9.17, 15) is 9.59 Å². The number of para-hydroxylation sites is 1. The molecule has 2 fully saturated rings. The first-order valence-corrected chi connectivity index (χ1v) is 11.1. The quantitative estimate of drug-likeness (QED) is 0.798. The van der Waals surface area contributed by atoms with Crippen LogP contribution in [0.2, 0.25) is 0 Å². The van der Waals surface area contributed by atoms with Gasteiger partial charge in [0.05, 0.1) is 12.6 Å². The van der Waals surface area contributed by atoms with Crippen LogP contribution >= 0.6 is 0 Å². The van der Waals surface area contributed by atoms with Crippen molar-refractivity contribution in [3.8, 4) is 0 Å². The zero-order chi connectivity index (χ0) is 20.8. The van der Waals surface area contributed by atoms with Gasteiger partial charge in [0, 0.05) is 45.0 Å². The molecular weight excluding hydrogens is 364 g/mol. The summed E-state index contributed by atoms with van der Waals surface area (Å²) in [6.07, 6.45) is 3.50. The third-order valence-electron chi connectivity index (χ3n) is 6.24. The van der Waals surface area contributed by atoms with Gasteiger partial charge in [-0.05, 0) is 43.7 Å². The maximum atomic E-state index is 12.8. The number of piperazine rings is 1.